The summed E-state index contributed by atoms with van der Waals surface area (Å²) in [5.74, 6) is 0.635. The van der Waals surface area contributed by atoms with E-state index in [1.54, 1.807) is 0 Å². The molecule has 1 saturated carbocycles. The van der Waals surface area contributed by atoms with E-state index in [0.717, 1.165) is 0 Å². The third-order valence-corrected chi connectivity index (χ3v) is 4.72. The van der Waals surface area contributed by atoms with Gasteiger partial charge in [0.15, 0.2) is 0 Å². The van der Waals surface area contributed by atoms with E-state index < -0.39 is 0 Å². The Balaban J connectivity index is 1.86. The van der Waals surface area contributed by atoms with Gasteiger partial charge in [0.2, 0.25) is 0 Å². The maximum Gasteiger partial charge on any atom is 0.0453 e. The van der Waals surface area contributed by atoms with Crippen LogP contribution in [0.5, 0.6) is 0 Å². The highest BCUT2D eigenvalue weighted by molar-refractivity contribution is 5.27. The molecule has 0 amide bonds. The second-order valence-electron chi connectivity index (χ2n) is 5.84. The van der Waals surface area contributed by atoms with Gasteiger partial charge in [-0.05, 0) is 57.2 Å². The lowest BCUT2D eigenvalue weighted by molar-refractivity contribution is 0.338. The number of aryl methyl sites for hydroxylation is 2. The van der Waals surface area contributed by atoms with Crippen molar-refractivity contribution in [3.63, 3.8) is 0 Å². The van der Waals surface area contributed by atoms with E-state index in [-0.39, 0.29) is 0 Å². The Morgan fingerprint density at radius 1 is 1.06 bits per heavy atom. The average Bonchev–Trinajstić information content (AvgIpc) is 2.46. The van der Waals surface area contributed by atoms with Gasteiger partial charge < -0.3 is 5.32 Å². The van der Waals surface area contributed by atoms with Crippen LogP contribution in [0.4, 0.5) is 0 Å². The number of hydrogen-bond donors (Lipinski definition) is 1. The number of likely N-dealkylation sites (N-methyl/N-ethyl adjacent to an activating group) is 1. The van der Waals surface area contributed by atoms with Crippen molar-refractivity contribution >= 4 is 0 Å². The van der Waals surface area contributed by atoms with Crippen molar-refractivity contribution in [2.75, 3.05) is 7.05 Å². The first-order chi connectivity index (χ1) is 8.88. The number of hydrogen-bond acceptors (Lipinski definition) is 2. The number of nitrogens with zero attached hydrogens (tertiary/aromatic N) is 1. The van der Waals surface area contributed by atoms with E-state index >= 15 is 0 Å². The number of pyridine rings is 1. The van der Waals surface area contributed by atoms with Gasteiger partial charge in [0.05, 0.1) is 0 Å². The quantitative estimate of drug-likeness (QED) is 0.864. The minimum Gasteiger partial charge on any atom is -0.316 e. The standard InChI is InChI=1S/C16H24N2/c1-17-15-9-5-3-7-13(15)16-11-10-12-6-2-4-8-14(12)18-16/h10-11,13,15,17H,2-9H2,1H3. The summed E-state index contributed by atoms with van der Waals surface area (Å²) in [5.41, 5.74) is 4.23. The minimum absolute atomic E-state index is 0.632. The van der Waals surface area contributed by atoms with Crippen LogP contribution in [0.15, 0.2) is 12.1 Å². The largest absolute Gasteiger partial charge is 0.316 e. The molecule has 2 unspecified atom stereocenters. The molecule has 2 atom stereocenters. The Morgan fingerprint density at radius 2 is 1.89 bits per heavy atom. The van der Waals surface area contributed by atoms with Crippen LogP contribution in [0.2, 0.25) is 0 Å². The fourth-order valence-corrected chi connectivity index (χ4v) is 3.64. The molecule has 1 aromatic heterocycles. The summed E-state index contributed by atoms with van der Waals surface area (Å²) in [6, 6.07) is 5.27. The predicted octanol–water partition coefficient (Wildman–Crippen LogP) is 3.21. The predicted molar refractivity (Wildman–Crippen MR) is 74.9 cm³/mol. The number of nitrogens with one attached hydrogen (secondary N) is 1. The molecular weight excluding hydrogens is 220 g/mol. The Labute approximate surface area is 110 Å². The molecule has 2 heteroatoms. The maximum absolute atomic E-state index is 5.00. The van der Waals surface area contributed by atoms with Crippen molar-refractivity contribution in [3.05, 3.63) is 29.1 Å². The van der Waals surface area contributed by atoms with Crippen LogP contribution in [0.3, 0.4) is 0 Å². The number of aromatic nitrogens is 1. The van der Waals surface area contributed by atoms with Gasteiger partial charge in [0.25, 0.3) is 0 Å². The Kier molecular flexibility index (Phi) is 3.64. The van der Waals surface area contributed by atoms with E-state index in [1.807, 2.05) is 0 Å². The van der Waals surface area contributed by atoms with Gasteiger partial charge in [0.1, 0.15) is 0 Å². The maximum atomic E-state index is 5.00. The number of rotatable bonds is 2. The van der Waals surface area contributed by atoms with Crippen molar-refractivity contribution in [1.82, 2.24) is 10.3 Å². The molecule has 0 aliphatic heterocycles. The summed E-state index contributed by atoms with van der Waals surface area (Å²) in [6.07, 6.45) is 10.4. The molecule has 2 aliphatic rings. The van der Waals surface area contributed by atoms with Gasteiger partial charge in [-0.25, -0.2) is 0 Å². The second kappa shape index (κ2) is 5.40. The second-order valence-corrected chi connectivity index (χ2v) is 5.84. The molecular formula is C16H24N2. The highest BCUT2D eigenvalue weighted by Crippen LogP contribution is 2.33. The normalized spacial score (nSPS) is 27.8. The molecule has 1 N–H and O–H groups in total. The molecule has 1 heterocycles. The smallest absolute Gasteiger partial charge is 0.0453 e. The first-order valence-electron chi connectivity index (χ1n) is 7.54. The van der Waals surface area contributed by atoms with E-state index in [4.69, 9.17) is 4.98 Å². The van der Waals surface area contributed by atoms with Crippen molar-refractivity contribution in [1.29, 1.82) is 0 Å². The SMILES string of the molecule is CNC1CCCCC1c1ccc2c(n1)CCCC2. The fraction of sp³-hybridized carbons (Fsp3) is 0.688. The molecule has 0 radical (unpaired) electrons. The monoisotopic (exact) mass is 244 g/mol. The zero-order valence-electron chi connectivity index (χ0n) is 11.4. The molecule has 0 bridgehead atoms. The van der Waals surface area contributed by atoms with Crippen LogP contribution in [-0.2, 0) is 12.8 Å². The average molecular weight is 244 g/mol. The lowest BCUT2D eigenvalue weighted by atomic mass is 9.81. The van der Waals surface area contributed by atoms with Crippen LogP contribution in [0.25, 0.3) is 0 Å². The van der Waals surface area contributed by atoms with Crippen molar-refractivity contribution in [2.24, 2.45) is 0 Å². The van der Waals surface area contributed by atoms with E-state index in [2.05, 4.69) is 24.5 Å². The van der Waals surface area contributed by atoms with E-state index in [9.17, 15) is 0 Å². The van der Waals surface area contributed by atoms with Crippen LogP contribution in [-0.4, -0.2) is 18.1 Å². The third-order valence-electron chi connectivity index (χ3n) is 4.72. The molecule has 2 nitrogen and oxygen atoms in total. The zero-order chi connectivity index (χ0) is 12.4. The van der Waals surface area contributed by atoms with Gasteiger partial charge in [-0.1, -0.05) is 18.9 Å². The van der Waals surface area contributed by atoms with Gasteiger partial charge in [-0.3, -0.25) is 4.98 Å². The highest BCUT2D eigenvalue weighted by atomic mass is 14.9. The molecule has 1 fully saturated rings. The molecule has 3 rings (SSSR count). The molecule has 0 spiro atoms. The first kappa shape index (κ1) is 12.2. The van der Waals surface area contributed by atoms with Gasteiger partial charge in [-0.15, -0.1) is 0 Å². The topological polar surface area (TPSA) is 24.9 Å². The van der Waals surface area contributed by atoms with E-state index in [0.29, 0.717) is 12.0 Å². The summed E-state index contributed by atoms with van der Waals surface area (Å²) in [6.45, 7) is 0. The van der Waals surface area contributed by atoms with Crippen LogP contribution in [0, 0.1) is 0 Å². The summed E-state index contributed by atoms with van der Waals surface area (Å²) < 4.78 is 0. The Morgan fingerprint density at radius 3 is 2.78 bits per heavy atom. The van der Waals surface area contributed by atoms with Crippen molar-refractivity contribution in [3.8, 4) is 0 Å². The summed E-state index contributed by atoms with van der Waals surface area (Å²) in [5, 5.41) is 3.49. The Bertz CT molecular complexity index is 414. The first-order valence-corrected chi connectivity index (χ1v) is 7.54. The van der Waals surface area contributed by atoms with Crippen molar-refractivity contribution < 1.29 is 0 Å². The zero-order valence-corrected chi connectivity index (χ0v) is 11.4. The molecule has 1 aromatic rings. The summed E-state index contributed by atoms with van der Waals surface area (Å²) >= 11 is 0. The number of fused-ring (bicyclic) bond motifs is 1. The molecule has 18 heavy (non-hydrogen) atoms. The summed E-state index contributed by atoms with van der Waals surface area (Å²) in [4.78, 5) is 5.00. The fourth-order valence-electron chi connectivity index (χ4n) is 3.64. The molecule has 98 valence electrons. The summed E-state index contributed by atoms with van der Waals surface area (Å²) in [7, 11) is 2.10. The minimum atomic E-state index is 0.632. The third kappa shape index (κ3) is 2.31. The van der Waals surface area contributed by atoms with Crippen LogP contribution >= 0.6 is 0 Å². The van der Waals surface area contributed by atoms with Crippen LogP contribution in [0.1, 0.15) is 61.4 Å². The Hall–Kier alpha value is -0.890. The molecule has 0 aromatic carbocycles. The van der Waals surface area contributed by atoms with E-state index in [1.165, 1.54) is 68.3 Å². The lowest BCUT2D eigenvalue weighted by Gasteiger charge is -2.31. The van der Waals surface area contributed by atoms with Crippen molar-refractivity contribution in [2.45, 2.75) is 63.3 Å². The van der Waals surface area contributed by atoms with Gasteiger partial charge in [0, 0.05) is 23.3 Å². The van der Waals surface area contributed by atoms with Gasteiger partial charge in [-0.2, -0.15) is 0 Å². The lowest BCUT2D eigenvalue weighted by Crippen LogP contribution is -2.35. The van der Waals surface area contributed by atoms with Crippen LogP contribution < -0.4 is 5.32 Å². The highest BCUT2D eigenvalue weighted by Gasteiger charge is 2.26. The molecule has 2 aliphatic carbocycles. The van der Waals surface area contributed by atoms with Gasteiger partial charge >= 0.3 is 0 Å². The molecule has 0 saturated heterocycles.